The van der Waals surface area contributed by atoms with E-state index in [1.165, 1.54) is 12.1 Å². The Morgan fingerprint density at radius 3 is 2.70 bits per heavy atom. The number of nitrogen functional groups attached to an aromatic ring is 1. The second kappa shape index (κ2) is 6.04. The number of amides is 1. The van der Waals surface area contributed by atoms with Crippen LogP contribution in [0.4, 0.5) is 11.4 Å². The minimum absolute atomic E-state index is 0.183. The molecular weight excluding hydrogens is 363 g/mol. The van der Waals surface area contributed by atoms with Crippen LogP contribution in [0.1, 0.15) is 15.9 Å². The molecule has 0 unspecified atom stereocenters. The van der Waals surface area contributed by atoms with Gasteiger partial charge >= 0.3 is 0 Å². The fourth-order valence-electron chi connectivity index (χ4n) is 1.71. The quantitative estimate of drug-likeness (QED) is 0.735. The standard InChI is InChI=1S/C14H11BrCl2N2O/c1-7-3-2-4-11(12(7)15)19-14(20)9-5-8(18)6-10(16)13(9)17/h2-6H,18H2,1H3,(H,19,20). The molecule has 0 saturated carbocycles. The van der Waals surface area contributed by atoms with Crippen LogP contribution in [-0.4, -0.2) is 5.91 Å². The van der Waals surface area contributed by atoms with Crippen molar-refractivity contribution in [3.8, 4) is 0 Å². The lowest BCUT2D eigenvalue weighted by atomic mass is 10.1. The molecule has 0 radical (unpaired) electrons. The molecule has 104 valence electrons. The molecule has 0 aromatic heterocycles. The van der Waals surface area contributed by atoms with Crippen LogP contribution in [-0.2, 0) is 0 Å². The number of nitrogens with two attached hydrogens (primary N) is 1. The monoisotopic (exact) mass is 372 g/mol. The summed E-state index contributed by atoms with van der Waals surface area (Å²) in [6.45, 7) is 1.93. The van der Waals surface area contributed by atoms with Gasteiger partial charge in [0.05, 0.1) is 21.3 Å². The van der Waals surface area contributed by atoms with Crippen LogP contribution < -0.4 is 11.1 Å². The number of nitrogens with one attached hydrogen (secondary N) is 1. The van der Waals surface area contributed by atoms with Gasteiger partial charge in [0.1, 0.15) is 0 Å². The first-order chi connectivity index (χ1) is 9.40. The molecule has 0 heterocycles. The largest absolute Gasteiger partial charge is 0.399 e. The zero-order valence-corrected chi connectivity index (χ0v) is 13.6. The summed E-state index contributed by atoms with van der Waals surface area (Å²) in [6, 6.07) is 8.57. The van der Waals surface area contributed by atoms with Crippen LogP contribution in [0.2, 0.25) is 10.0 Å². The molecule has 3 N–H and O–H groups in total. The molecule has 2 aromatic rings. The predicted octanol–water partition coefficient (Wildman–Crippen LogP) is 4.90. The summed E-state index contributed by atoms with van der Waals surface area (Å²) in [5, 5.41) is 3.21. The third-order valence-corrected chi connectivity index (χ3v) is 4.59. The zero-order valence-electron chi connectivity index (χ0n) is 10.5. The molecule has 0 aliphatic rings. The zero-order chi connectivity index (χ0) is 14.9. The van der Waals surface area contributed by atoms with Gasteiger partial charge < -0.3 is 11.1 Å². The highest BCUT2D eigenvalue weighted by Gasteiger charge is 2.15. The third-order valence-electron chi connectivity index (χ3n) is 2.74. The van der Waals surface area contributed by atoms with E-state index in [9.17, 15) is 4.79 Å². The highest BCUT2D eigenvalue weighted by molar-refractivity contribution is 9.10. The Labute approximate surface area is 135 Å². The molecule has 2 rings (SSSR count). The van der Waals surface area contributed by atoms with Crippen LogP contribution >= 0.6 is 39.1 Å². The molecule has 0 aliphatic heterocycles. The van der Waals surface area contributed by atoms with E-state index < -0.39 is 0 Å². The Morgan fingerprint density at radius 1 is 1.30 bits per heavy atom. The summed E-state index contributed by atoms with van der Waals surface area (Å²) >= 11 is 15.4. The Hall–Kier alpha value is -1.23. The summed E-state index contributed by atoms with van der Waals surface area (Å²) < 4.78 is 0.819. The summed E-state index contributed by atoms with van der Waals surface area (Å²) in [7, 11) is 0. The van der Waals surface area contributed by atoms with E-state index in [0.29, 0.717) is 11.4 Å². The van der Waals surface area contributed by atoms with Crippen molar-refractivity contribution in [2.24, 2.45) is 0 Å². The van der Waals surface area contributed by atoms with Gasteiger partial charge in [-0.1, -0.05) is 35.3 Å². The number of carbonyl (C=O) groups excluding carboxylic acids is 1. The summed E-state index contributed by atoms with van der Waals surface area (Å²) in [5.41, 5.74) is 7.97. The number of hydrogen-bond donors (Lipinski definition) is 2. The van der Waals surface area contributed by atoms with Gasteiger partial charge in [-0.2, -0.15) is 0 Å². The van der Waals surface area contributed by atoms with Crippen molar-refractivity contribution in [3.05, 3.63) is 56.0 Å². The van der Waals surface area contributed by atoms with Crippen molar-refractivity contribution in [1.29, 1.82) is 0 Å². The fourth-order valence-corrected chi connectivity index (χ4v) is 2.50. The summed E-state index contributed by atoms with van der Waals surface area (Å²) in [4.78, 5) is 12.3. The van der Waals surface area contributed by atoms with Gasteiger partial charge in [0.15, 0.2) is 0 Å². The summed E-state index contributed by atoms with van der Waals surface area (Å²) in [6.07, 6.45) is 0. The maximum atomic E-state index is 12.3. The molecule has 0 spiro atoms. The number of halogens is 3. The van der Waals surface area contributed by atoms with Gasteiger partial charge in [0.2, 0.25) is 0 Å². The van der Waals surface area contributed by atoms with Crippen LogP contribution in [0.15, 0.2) is 34.8 Å². The van der Waals surface area contributed by atoms with Crippen LogP contribution in [0.5, 0.6) is 0 Å². The number of benzene rings is 2. The molecular formula is C14H11BrCl2N2O. The second-order valence-corrected chi connectivity index (χ2v) is 5.83. The maximum absolute atomic E-state index is 12.3. The molecule has 0 atom stereocenters. The molecule has 2 aromatic carbocycles. The highest BCUT2D eigenvalue weighted by Crippen LogP contribution is 2.31. The average molecular weight is 374 g/mol. The highest BCUT2D eigenvalue weighted by atomic mass is 79.9. The van der Waals surface area contributed by atoms with E-state index >= 15 is 0 Å². The van der Waals surface area contributed by atoms with E-state index in [0.717, 1.165) is 10.0 Å². The lowest BCUT2D eigenvalue weighted by Crippen LogP contribution is -2.13. The van der Waals surface area contributed by atoms with E-state index in [2.05, 4.69) is 21.2 Å². The number of carbonyl (C=O) groups is 1. The van der Waals surface area contributed by atoms with Crippen molar-refractivity contribution in [3.63, 3.8) is 0 Å². The first-order valence-electron chi connectivity index (χ1n) is 5.71. The number of hydrogen-bond acceptors (Lipinski definition) is 2. The van der Waals surface area contributed by atoms with Gasteiger partial charge in [-0.3, -0.25) is 4.79 Å². The van der Waals surface area contributed by atoms with E-state index in [1.54, 1.807) is 6.07 Å². The molecule has 3 nitrogen and oxygen atoms in total. The van der Waals surface area contributed by atoms with Gasteiger partial charge in [-0.25, -0.2) is 0 Å². The van der Waals surface area contributed by atoms with E-state index in [4.69, 9.17) is 28.9 Å². The van der Waals surface area contributed by atoms with Crippen molar-refractivity contribution in [2.75, 3.05) is 11.1 Å². The van der Waals surface area contributed by atoms with E-state index in [-0.39, 0.29) is 21.5 Å². The first kappa shape index (κ1) is 15.2. The first-order valence-corrected chi connectivity index (χ1v) is 7.26. The molecule has 0 saturated heterocycles. The lowest BCUT2D eigenvalue weighted by Gasteiger charge is -2.11. The number of rotatable bonds is 2. The molecule has 0 fully saturated rings. The van der Waals surface area contributed by atoms with Crippen molar-refractivity contribution >= 4 is 56.4 Å². The van der Waals surface area contributed by atoms with Gasteiger partial charge in [0, 0.05) is 10.2 Å². The molecule has 20 heavy (non-hydrogen) atoms. The van der Waals surface area contributed by atoms with Crippen molar-refractivity contribution < 1.29 is 4.79 Å². The van der Waals surface area contributed by atoms with Crippen LogP contribution in [0, 0.1) is 6.92 Å². The SMILES string of the molecule is Cc1cccc(NC(=O)c2cc(N)cc(Cl)c2Cl)c1Br. The minimum Gasteiger partial charge on any atom is -0.399 e. The number of aryl methyl sites for hydroxylation is 1. The summed E-state index contributed by atoms with van der Waals surface area (Å²) in [5.74, 6) is -0.365. The minimum atomic E-state index is -0.365. The molecule has 0 bridgehead atoms. The normalized spacial score (nSPS) is 10.4. The number of anilines is 2. The Bertz CT molecular complexity index is 689. The fraction of sp³-hybridized carbons (Fsp3) is 0.0714. The molecule has 0 aliphatic carbocycles. The second-order valence-electron chi connectivity index (χ2n) is 4.25. The van der Waals surface area contributed by atoms with Crippen LogP contribution in [0.3, 0.4) is 0 Å². The Balaban J connectivity index is 2.36. The van der Waals surface area contributed by atoms with Crippen molar-refractivity contribution in [2.45, 2.75) is 6.92 Å². The Kier molecular flexibility index (Phi) is 4.58. The van der Waals surface area contributed by atoms with Crippen LogP contribution in [0.25, 0.3) is 0 Å². The van der Waals surface area contributed by atoms with Gasteiger partial charge in [-0.05, 0) is 46.6 Å². The molecule has 6 heteroatoms. The Morgan fingerprint density at radius 2 is 2.00 bits per heavy atom. The smallest absolute Gasteiger partial charge is 0.257 e. The lowest BCUT2D eigenvalue weighted by molar-refractivity contribution is 0.102. The topological polar surface area (TPSA) is 55.1 Å². The third kappa shape index (κ3) is 3.08. The maximum Gasteiger partial charge on any atom is 0.257 e. The van der Waals surface area contributed by atoms with Gasteiger partial charge in [-0.15, -0.1) is 0 Å². The predicted molar refractivity (Wildman–Crippen MR) is 87.7 cm³/mol. The van der Waals surface area contributed by atoms with E-state index in [1.807, 2.05) is 19.1 Å². The molecule has 1 amide bonds. The van der Waals surface area contributed by atoms with Crippen molar-refractivity contribution in [1.82, 2.24) is 0 Å². The van der Waals surface area contributed by atoms with Gasteiger partial charge in [0.25, 0.3) is 5.91 Å². The average Bonchev–Trinajstić information content (AvgIpc) is 2.39.